The molecule has 0 unspecified atom stereocenters. The zero-order valence-electron chi connectivity index (χ0n) is 16.2. The van der Waals surface area contributed by atoms with Gasteiger partial charge in [0.15, 0.2) is 5.13 Å². The summed E-state index contributed by atoms with van der Waals surface area (Å²) in [6.07, 6.45) is 6.05. The smallest absolute Gasteiger partial charge is 0.245 e. The maximum atomic E-state index is 13.3. The molecule has 1 aromatic heterocycles. The third-order valence-corrected chi connectivity index (χ3v) is 7.06. The first-order valence-corrected chi connectivity index (χ1v) is 10.8. The highest BCUT2D eigenvalue weighted by Crippen LogP contribution is 2.33. The van der Waals surface area contributed by atoms with Crippen LogP contribution in [0.15, 0.2) is 11.6 Å². The number of nitrogens with zero attached hydrogens (tertiary/aromatic N) is 4. The van der Waals surface area contributed by atoms with Crippen LogP contribution in [0.1, 0.15) is 39.5 Å². The summed E-state index contributed by atoms with van der Waals surface area (Å²) >= 11 is 1.66. The number of nitrogens with one attached hydrogen (secondary N) is 1. The van der Waals surface area contributed by atoms with Crippen molar-refractivity contribution in [2.45, 2.75) is 57.2 Å². The lowest BCUT2D eigenvalue weighted by atomic mass is 9.82. The zero-order valence-corrected chi connectivity index (χ0v) is 17.0. The number of aromatic nitrogens is 1. The van der Waals surface area contributed by atoms with Crippen molar-refractivity contribution in [3.63, 3.8) is 0 Å². The van der Waals surface area contributed by atoms with Gasteiger partial charge in [-0.2, -0.15) is 0 Å². The van der Waals surface area contributed by atoms with E-state index in [2.05, 4.69) is 20.1 Å². The summed E-state index contributed by atoms with van der Waals surface area (Å²) in [7, 11) is 0. The van der Waals surface area contributed by atoms with Crippen molar-refractivity contribution in [3.8, 4) is 0 Å². The number of rotatable bonds is 3. The number of amides is 2. The average Bonchev–Trinajstić information content (AvgIpc) is 3.18. The van der Waals surface area contributed by atoms with Crippen molar-refractivity contribution in [1.82, 2.24) is 20.1 Å². The van der Waals surface area contributed by atoms with Crippen molar-refractivity contribution < 1.29 is 9.59 Å². The third-order valence-electron chi connectivity index (χ3n) is 6.23. The first kappa shape index (κ1) is 18.7. The second kappa shape index (κ2) is 7.39. The van der Waals surface area contributed by atoms with E-state index in [4.69, 9.17) is 0 Å². The maximum absolute atomic E-state index is 13.3. The molecule has 8 heteroatoms. The van der Waals surface area contributed by atoms with E-state index >= 15 is 0 Å². The van der Waals surface area contributed by atoms with Crippen LogP contribution in [0.5, 0.6) is 0 Å². The van der Waals surface area contributed by atoms with Gasteiger partial charge in [-0.05, 0) is 26.7 Å². The molecular formula is C19H29N5O2S. The van der Waals surface area contributed by atoms with E-state index in [-0.39, 0.29) is 23.9 Å². The van der Waals surface area contributed by atoms with Gasteiger partial charge >= 0.3 is 0 Å². The average molecular weight is 392 g/mol. The zero-order chi connectivity index (χ0) is 19.0. The van der Waals surface area contributed by atoms with Gasteiger partial charge in [-0.25, -0.2) is 4.98 Å². The van der Waals surface area contributed by atoms with Crippen LogP contribution in [0.2, 0.25) is 0 Å². The molecule has 1 saturated carbocycles. The predicted molar refractivity (Wildman–Crippen MR) is 106 cm³/mol. The number of carbonyl (C=O) groups is 2. The number of hydrogen-bond acceptors (Lipinski definition) is 6. The van der Waals surface area contributed by atoms with Gasteiger partial charge in [0.25, 0.3) is 0 Å². The van der Waals surface area contributed by atoms with E-state index in [9.17, 15) is 9.59 Å². The van der Waals surface area contributed by atoms with E-state index in [0.29, 0.717) is 6.54 Å². The number of anilines is 1. The van der Waals surface area contributed by atoms with Gasteiger partial charge in [-0.3, -0.25) is 14.5 Å². The molecule has 1 N–H and O–H groups in total. The minimum atomic E-state index is -0.779. The maximum Gasteiger partial charge on any atom is 0.245 e. The molecule has 3 aliphatic rings. The summed E-state index contributed by atoms with van der Waals surface area (Å²) in [6, 6.07) is 0.250. The Hall–Kier alpha value is -1.67. The fraction of sp³-hybridized carbons (Fsp3) is 0.737. The highest BCUT2D eigenvalue weighted by molar-refractivity contribution is 7.13. The highest BCUT2D eigenvalue weighted by atomic mass is 32.1. The van der Waals surface area contributed by atoms with E-state index in [0.717, 1.165) is 57.0 Å². The lowest BCUT2D eigenvalue weighted by Gasteiger charge is -2.52. The molecule has 1 aliphatic carbocycles. The number of hydrogen-bond donors (Lipinski definition) is 1. The molecule has 3 fully saturated rings. The molecule has 2 atom stereocenters. The van der Waals surface area contributed by atoms with Crippen molar-refractivity contribution in [2.24, 2.45) is 0 Å². The van der Waals surface area contributed by atoms with E-state index in [1.165, 1.54) is 0 Å². The monoisotopic (exact) mass is 391 g/mol. The Morgan fingerprint density at radius 2 is 2.00 bits per heavy atom. The van der Waals surface area contributed by atoms with Crippen molar-refractivity contribution >= 4 is 28.3 Å². The first-order valence-electron chi connectivity index (χ1n) is 9.97. The number of fused-ring (bicyclic) bond motifs is 1. The molecule has 0 radical (unpaired) electrons. The van der Waals surface area contributed by atoms with Gasteiger partial charge in [0.2, 0.25) is 11.8 Å². The fourth-order valence-electron chi connectivity index (χ4n) is 4.69. The molecule has 7 nitrogen and oxygen atoms in total. The topological polar surface area (TPSA) is 68.8 Å². The molecule has 2 saturated heterocycles. The summed E-state index contributed by atoms with van der Waals surface area (Å²) in [5, 5.41) is 6.21. The minimum Gasteiger partial charge on any atom is -0.349 e. The lowest BCUT2D eigenvalue weighted by Crippen LogP contribution is -2.72. The number of thiazole rings is 1. The minimum absolute atomic E-state index is 0.0208. The largest absolute Gasteiger partial charge is 0.349 e. The van der Waals surface area contributed by atoms with Gasteiger partial charge in [-0.1, -0.05) is 12.8 Å². The Morgan fingerprint density at radius 1 is 1.26 bits per heavy atom. The summed E-state index contributed by atoms with van der Waals surface area (Å²) in [5.41, 5.74) is -0.779. The van der Waals surface area contributed by atoms with E-state index in [1.807, 2.05) is 30.3 Å². The van der Waals surface area contributed by atoms with Crippen LogP contribution < -0.4 is 10.2 Å². The normalized spacial score (nSPS) is 28.6. The molecule has 2 aliphatic heterocycles. The Bertz CT molecular complexity index is 684. The van der Waals surface area contributed by atoms with Crippen molar-refractivity contribution in [3.05, 3.63) is 11.6 Å². The van der Waals surface area contributed by atoms with Crippen LogP contribution in [0, 0.1) is 0 Å². The predicted octanol–water partition coefficient (Wildman–Crippen LogP) is 1.31. The van der Waals surface area contributed by atoms with Gasteiger partial charge in [0.05, 0.1) is 12.6 Å². The molecule has 1 aromatic rings. The molecule has 0 spiro atoms. The molecule has 2 amide bonds. The molecule has 0 aromatic carbocycles. The summed E-state index contributed by atoms with van der Waals surface area (Å²) in [4.78, 5) is 36.7. The van der Waals surface area contributed by atoms with Crippen LogP contribution in [0.4, 0.5) is 5.13 Å². The van der Waals surface area contributed by atoms with Crippen molar-refractivity contribution in [1.29, 1.82) is 0 Å². The molecule has 0 bridgehead atoms. The van der Waals surface area contributed by atoms with Crippen LogP contribution in [0.25, 0.3) is 0 Å². The van der Waals surface area contributed by atoms with Crippen LogP contribution in [-0.2, 0) is 9.59 Å². The number of piperazine rings is 2. The van der Waals surface area contributed by atoms with Gasteiger partial charge in [0, 0.05) is 43.8 Å². The lowest BCUT2D eigenvalue weighted by molar-refractivity contribution is -0.158. The second-order valence-electron chi connectivity index (χ2n) is 8.33. The molecule has 3 heterocycles. The molecular weight excluding hydrogens is 362 g/mol. The third kappa shape index (κ3) is 3.57. The SMILES string of the molecule is CC1(C)C(=O)N[C@@H]2CCCC[C@@H]2N1C(=O)CN1CCN(c2nccs2)CC1. The molecule has 148 valence electrons. The quantitative estimate of drug-likeness (QED) is 0.842. The van der Waals surface area contributed by atoms with Crippen LogP contribution in [0.3, 0.4) is 0 Å². The van der Waals surface area contributed by atoms with Gasteiger partial charge < -0.3 is 15.1 Å². The Morgan fingerprint density at radius 3 is 2.70 bits per heavy atom. The highest BCUT2D eigenvalue weighted by Gasteiger charge is 2.50. The Balaban J connectivity index is 1.41. The fourth-order valence-corrected chi connectivity index (χ4v) is 5.39. The Kier molecular flexibility index (Phi) is 5.11. The van der Waals surface area contributed by atoms with Gasteiger partial charge in [-0.15, -0.1) is 11.3 Å². The standard InChI is InChI=1S/C19H29N5O2S/c1-19(2)17(26)21-14-5-3-4-6-15(14)24(19)16(25)13-22-8-10-23(11-9-22)18-20-7-12-27-18/h7,12,14-15H,3-6,8-11,13H2,1-2H3,(H,21,26)/t14-,15+/m1/s1. The Labute approximate surface area is 164 Å². The van der Waals surface area contributed by atoms with Crippen molar-refractivity contribution in [2.75, 3.05) is 37.6 Å². The molecule has 4 rings (SSSR count). The molecule has 27 heavy (non-hydrogen) atoms. The number of carbonyl (C=O) groups excluding carboxylic acids is 2. The second-order valence-corrected chi connectivity index (χ2v) is 9.21. The summed E-state index contributed by atoms with van der Waals surface area (Å²) < 4.78 is 0. The summed E-state index contributed by atoms with van der Waals surface area (Å²) in [6.45, 7) is 7.62. The summed E-state index contributed by atoms with van der Waals surface area (Å²) in [5.74, 6) is 0.0713. The van der Waals surface area contributed by atoms with Gasteiger partial charge in [0.1, 0.15) is 5.54 Å². The van der Waals surface area contributed by atoms with Crippen LogP contribution >= 0.6 is 11.3 Å². The van der Waals surface area contributed by atoms with Crippen LogP contribution in [-0.4, -0.2) is 76.9 Å². The first-order chi connectivity index (χ1) is 13.0. The van der Waals surface area contributed by atoms with E-state index < -0.39 is 5.54 Å². The van der Waals surface area contributed by atoms with E-state index in [1.54, 1.807) is 11.3 Å².